The third kappa shape index (κ3) is 3.74. The highest BCUT2D eigenvalue weighted by atomic mass is 16.7. The average molecular weight is 430 g/mol. The molecule has 160 valence electrons. The van der Waals surface area contributed by atoms with Gasteiger partial charge < -0.3 is 19.2 Å². The summed E-state index contributed by atoms with van der Waals surface area (Å²) in [4.78, 5) is 40.7. The monoisotopic (exact) mass is 430 g/mol. The number of ether oxygens (including phenoxy) is 3. The van der Waals surface area contributed by atoms with E-state index in [4.69, 9.17) is 14.2 Å². The molecule has 0 bridgehead atoms. The fraction of sp³-hybridized carbons (Fsp3) is 0.125. The molecule has 0 spiro atoms. The van der Waals surface area contributed by atoms with Gasteiger partial charge in [0.1, 0.15) is 6.61 Å². The van der Waals surface area contributed by atoms with E-state index in [1.165, 1.54) is 18.2 Å². The van der Waals surface area contributed by atoms with E-state index in [0.717, 1.165) is 15.7 Å². The zero-order valence-corrected chi connectivity index (χ0v) is 16.9. The third-order valence-corrected chi connectivity index (χ3v) is 5.21. The number of hydrogen-bond acceptors (Lipinski definition) is 6. The summed E-state index contributed by atoms with van der Waals surface area (Å²) in [6.45, 7) is 0.334. The number of carbonyl (C=O) groups excluding carboxylic acids is 1. The Kier molecular flexibility index (Phi) is 4.95. The molecule has 0 unspecified atom stereocenters. The summed E-state index contributed by atoms with van der Waals surface area (Å²) in [7, 11) is 0. The number of esters is 1. The number of H-pyrrole nitrogens is 1. The molecule has 5 rings (SSSR count). The molecule has 1 N–H and O–H groups in total. The van der Waals surface area contributed by atoms with E-state index in [1.54, 1.807) is 18.2 Å². The molecule has 0 amide bonds. The van der Waals surface area contributed by atoms with Gasteiger partial charge in [0.05, 0.1) is 23.0 Å². The van der Waals surface area contributed by atoms with Gasteiger partial charge in [-0.1, -0.05) is 36.4 Å². The van der Waals surface area contributed by atoms with Gasteiger partial charge in [-0.15, -0.1) is 0 Å². The van der Waals surface area contributed by atoms with Crippen molar-refractivity contribution in [1.29, 1.82) is 0 Å². The highest BCUT2D eigenvalue weighted by Gasteiger charge is 2.16. The third-order valence-electron chi connectivity index (χ3n) is 5.21. The van der Waals surface area contributed by atoms with Crippen LogP contribution in [-0.2, 0) is 17.9 Å². The first-order valence-electron chi connectivity index (χ1n) is 9.95. The summed E-state index contributed by atoms with van der Waals surface area (Å²) < 4.78 is 17.1. The second kappa shape index (κ2) is 8.07. The van der Waals surface area contributed by atoms with E-state index in [0.29, 0.717) is 17.0 Å². The number of aromatic nitrogens is 2. The van der Waals surface area contributed by atoms with E-state index in [2.05, 4.69) is 4.98 Å². The molecule has 0 radical (unpaired) electrons. The molecule has 32 heavy (non-hydrogen) atoms. The molecule has 0 saturated carbocycles. The number of fused-ring (bicyclic) bond motifs is 2. The van der Waals surface area contributed by atoms with Crippen molar-refractivity contribution >= 4 is 16.9 Å². The lowest BCUT2D eigenvalue weighted by atomic mass is 10.1. The van der Waals surface area contributed by atoms with Gasteiger partial charge in [-0.2, -0.15) is 0 Å². The van der Waals surface area contributed by atoms with Crippen LogP contribution >= 0.6 is 0 Å². The molecule has 2 heterocycles. The van der Waals surface area contributed by atoms with Crippen LogP contribution < -0.4 is 20.7 Å². The van der Waals surface area contributed by atoms with Crippen LogP contribution in [0.2, 0.25) is 0 Å². The maximum Gasteiger partial charge on any atom is 0.338 e. The van der Waals surface area contributed by atoms with Crippen molar-refractivity contribution in [1.82, 2.24) is 9.55 Å². The Morgan fingerprint density at radius 3 is 2.59 bits per heavy atom. The summed E-state index contributed by atoms with van der Waals surface area (Å²) in [5.41, 5.74) is 1.16. The Hall–Kier alpha value is -4.33. The minimum atomic E-state index is -0.579. The molecule has 0 fully saturated rings. The van der Waals surface area contributed by atoms with Crippen molar-refractivity contribution in [3.05, 3.63) is 104 Å². The van der Waals surface area contributed by atoms with Gasteiger partial charge in [0.2, 0.25) is 6.79 Å². The molecule has 0 aliphatic carbocycles. The first-order chi connectivity index (χ1) is 15.6. The van der Waals surface area contributed by atoms with Crippen LogP contribution in [0.15, 0.2) is 76.3 Å². The topological polar surface area (TPSA) is 99.6 Å². The number of benzene rings is 3. The predicted molar refractivity (Wildman–Crippen MR) is 116 cm³/mol. The summed E-state index contributed by atoms with van der Waals surface area (Å²) >= 11 is 0. The van der Waals surface area contributed by atoms with E-state index < -0.39 is 17.2 Å². The van der Waals surface area contributed by atoms with Crippen LogP contribution in [0, 0.1) is 0 Å². The molecular formula is C24H18N2O6. The fourth-order valence-corrected chi connectivity index (χ4v) is 3.55. The van der Waals surface area contributed by atoms with E-state index in [-0.39, 0.29) is 30.9 Å². The summed E-state index contributed by atoms with van der Waals surface area (Å²) in [5.74, 6) is 0.673. The maximum absolute atomic E-state index is 13.0. The Labute approximate surface area is 181 Å². The molecule has 1 aliphatic rings. The molecule has 0 saturated heterocycles. The lowest BCUT2D eigenvalue weighted by Gasteiger charge is -2.09. The van der Waals surface area contributed by atoms with Crippen molar-refractivity contribution in [2.75, 3.05) is 6.79 Å². The molecule has 1 aliphatic heterocycles. The second-order valence-electron chi connectivity index (χ2n) is 7.33. The van der Waals surface area contributed by atoms with Gasteiger partial charge in [-0.3, -0.25) is 9.36 Å². The Morgan fingerprint density at radius 1 is 0.938 bits per heavy atom. The fourth-order valence-electron chi connectivity index (χ4n) is 3.55. The van der Waals surface area contributed by atoms with Crippen LogP contribution in [-0.4, -0.2) is 22.3 Å². The normalized spacial score (nSPS) is 12.1. The first kappa shape index (κ1) is 19.6. The quantitative estimate of drug-likeness (QED) is 0.489. The molecule has 3 aromatic carbocycles. The van der Waals surface area contributed by atoms with E-state index in [9.17, 15) is 14.4 Å². The second-order valence-corrected chi connectivity index (χ2v) is 7.33. The predicted octanol–water partition coefficient (Wildman–Crippen LogP) is 2.82. The van der Waals surface area contributed by atoms with Crippen molar-refractivity contribution in [2.45, 2.75) is 13.2 Å². The number of hydrogen-bond donors (Lipinski definition) is 1. The average Bonchev–Trinajstić information content (AvgIpc) is 3.29. The smallest absolute Gasteiger partial charge is 0.338 e. The van der Waals surface area contributed by atoms with Gasteiger partial charge in [-0.25, -0.2) is 9.59 Å². The van der Waals surface area contributed by atoms with Gasteiger partial charge in [-0.05, 0) is 41.5 Å². The highest BCUT2D eigenvalue weighted by Crippen LogP contribution is 2.32. The van der Waals surface area contributed by atoms with E-state index in [1.807, 2.05) is 30.3 Å². The maximum atomic E-state index is 13.0. The lowest BCUT2D eigenvalue weighted by Crippen LogP contribution is -2.35. The van der Waals surface area contributed by atoms with Crippen LogP contribution in [0.25, 0.3) is 10.9 Å². The standard InChI is InChI=1S/C24H18N2O6/c27-22-18-11-17(23(28)30-13-16-6-9-20-21(10-16)32-14-31-20)7-8-19(18)25-24(29)26(22)12-15-4-2-1-3-5-15/h1-11H,12-14H2,(H,25,29). The zero-order chi connectivity index (χ0) is 22.1. The molecule has 0 atom stereocenters. The Balaban J connectivity index is 1.40. The summed E-state index contributed by atoms with van der Waals surface area (Å²) in [5, 5.41) is 0.234. The van der Waals surface area contributed by atoms with Gasteiger partial charge >= 0.3 is 11.7 Å². The highest BCUT2D eigenvalue weighted by molar-refractivity contribution is 5.94. The number of nitrogens with zero attached hydrogens (tertiary/aromatic N) is 1. The van der Waals surface area contributed by atoms with Crippen LogP contribution in [0.4, 0.5) is 0 Å². The minimum Gasteiger partial charge on any atom is -0.457 e. The number of carbonyl (C=O) groups is 1. The number of nitrogens with one attached hydrogen (secondary N) is 1. The van der Waals surface area contributed by atoms with Crippen molar-refractivity contribution in [3.8, 4) is 11.5 Å². The van der Waals surface area contributed by atoms with E-state index >= 15 is 0 Å². The minimum absolute atomic E-state index is 0.0391. The van der Waals surface area contributed by atoms with Gasteiger partial charge in [0.25, 0.3) is 5.56 Å². The van der Waals surface area contributed by atoms with Gasteiger partial charge in [0.15, 0.2) is 11.5 Å². The molecular weight excluding hydrogens is 412 g/mol. The van der Waals surface area contributed by atoms with Crippen LogP contribution in [0.5, 0.6) is 11.5 Å². The van der Waals surface area contributed by atoms with Crippen molar-refractivity contribution in [2.24, 2.45) is 0 Å². The molecule has 4 aromatic rings. The summed E-state index contributed by atoms with van der Waals surface area (Å²) in [6, 6.07) is 19.0. The Bertz CT molecular complexity index is 1440. The van der Waals surface area contributed by atoms with Crippen LogP contribution in [0.1, 0.15) is 21.5 Å². The Morgan fingerprint density at radius 2 is 1.75 bits per heavy atom. The lowest BCUT2D eigenvalue weighted by molar-refractivity contribution is 0.0472. The first-order valence-corrected chi connectivity index (χ1v) is 9.95. The largest absolute Gasteiger partial charge is 0.457 e. The zero-order valence-electron chi connectivity index (χ0n) is 16.9. The SMILES string of the molecule is O=C(OCc1ccc2c(c1)OCO2)c1ccc2[nH]c(=O)n(Cc3ccccc3)c(=O)c2c1. The van der Waals surface area contributed by atoms with Crippen molar-refractivity contribution < 1.29 is 19.0 Å². The number of rotatable bonds is 5. The molecule has 1 aromatic heterocycles. The van der Waals surface area contributed by atoms with Gasteiger partial charge in [0, 0.05) is 0 Å². The molecule has 8 nitrogen and oxygen atoms in total. The summed E-state index contributed by atoms with van der Waals surface area (Å²) in [6.07, 6.45) is 0. The van der Waals surface area contributed by atoms with Crippen LogP contribution in [0.3, 0.4) is 0 Å². The van der Waals surface area contributed by atoms with Crippen molar-refractivity contribution in [3.63, 3.8) is 0 Å². The molecule has 8 heteroatoms. The number of aromatic amines is 1.